The minimum Gasteiger partial charge on any atom is -0.405 e. The van der Waals surface area contributed by atoms with Crippen molar-refractivity contribution < 1.29 is 0 Å². The number of hydrogen-bond acceptors (Lipinski definition) is 1. The molecule has 114 valence electrons. The van der Waals surface area contributed by atoms with Gasteiger partial charge in [-0.05, 0) is 60.1 Å². The van der Waals surface area contributed by atoms with Gasteiger partial charge in [-0.3, -0.25) is 0 Å². The Kier molecular flexibility index (Phi) is 9.03. The summed E-state index contributed by atoms with van der Waals surface area (Å²) in [5, 5.41) is 0. The first-order valence-corrected chi connectivity index (χ1v) is 7.86. The third-order valence-corrected chi connectivity index (χ3v) is 3.01. The predicted octanol–water partition coefficient (Wildman–Crippen LogP) is 5.90. The Morgan fingerprint density at radius 1 is 1.00 bits per heavy atom. The molecule has 0 radical (unpaired) electrons. The van der Waals surface area contributed by atoms with E-state index in [1.54, 1.807) is 6.20 Å². The van der Waals surface area contributed by atoms with Crippen molar-refractivity contribution in [1.29, 1.82) is 0 Å². The Morgan fingerprint density at radius 3 is 2.00 bits per heavy atom. The van der Waals surface area contributed by atoms with Crippen LogP contribution in [-0.4, -0.2) is 0 Å². The molecule has 0 saturated carbocycles. The van der Waals surface area contributed by atoms with Crippen LogP contribution >= 0.6 is 0 Å². The van der Waals surface area contributed by atoms with Gasteiger partial charge in [0.05, 0.1) is 0 Å². The first kappa shape index (κ1) is 18.8. The third-order valence-electron chi connectivity index (χ3n) is 3.01. The van der Waals surface area contributed by atoms with E-state index in [-0.39, 0.29) is 5.41 Å². The maximum absolute atomic E-state index is 5.61. The molecular weight excluding hydrogens is 242 g/mol. The maximum atomic E-state index is 5.61. The van der Waals surface area contributed by atoms with Crippen LogP contribution in [0, 0.1) is 5.41 Å². The molecular formula is C19H33N. The van der Waals surface area contributed by atoms with Crippen LogP contribution in [0.5, 0.6) is 0 Å². The summed E-state index contributed by atoms with van der Waals surface area (Å²) in [6.45, 7) is 13.4. The predicted molar refractivity (Wildman–Crippen MR) is 92.5 cm³/mol. The van der Waals surface area contributed by atoms with Crippen molar-refractivity contribution in [2.24, 2.45) is 11.1 Å². The van der Waals surface area contributed by atoms with E-state index in [1.165, 1.54) is 16.7 Å². The molecule has 1 nitrogen and oxygen atoms in total. The zero-order valence-corrected chi connectivity index (χ0v) is 14.3. The van der Waals surface area contributed by atoms with Gasteiger partial charge in [0.2, 0.25) is 0 Å². The molecule has 0 heterocycles. The maximum Gasteiger partial charge on any atom is -0.00596 e. The number of rotatable bonds is 7. The van der Waals surface area contributed by atoms with Crippen LogP contribution in [0.2, 0.25) is 0 Å². The molecule has 0 bridgehead atoms. The van der Waals surface area contributed by atoms with Gasteiger partial charge in [0, 0.05) is 0 Å². The molecule has 0 spiro atoms. The Balaban J connectivity index is 5.50. The topological polar surface area (TPSA) is 26.0 Å². The molecule has 0 rings (SSSR count). The standard InChI is InChI=1S/C19H33N/c1-7-10-17(9-3)18(11-8-2)14-16(12-13-20)15-19(4,5)6/h10-14H,7-9,15,20H2,1-6H3/b13-12-,16-14+,17-10+,18-11?. The second-order valence-corrected chi connectivity index (χ2v) is 6.37. The molecule has 0 aromatic heterocycles. The molecule has 0 aliphatic heterocycles. The van der Waals surface area contributed by atoms with Crippen molar-refractivity contribution in [3.05, 3.63) is 47.2 Å². The summed E-state index contributed by atoms with van der Waals surface area (Å²) < 4.78 is 0. The molecule has 0 unspecified atom stereocenters. The van der Waals surface area contributed by atoms with Gasteiger partial charge in [0.1, 0.15) is 0 Å². The van der Waals surface area contributed by atoms with Gasteiger partial charge in [-0.25, -0.2) is 0 Å². The van der Waals surface area contributed by atoms with Gasteiger partial charge in [-0.15, -0.1) is 0 Å². The van der Waals surface area contributed by atoms with E-state index >= 15 is 0 Å². The van der Waals surface area contributed by atoms with Crippen molar-refractivity contribution in [3.63, 3.8) is 0 Å². The monoisotopic (exact) mass is 275 g/mol. The normalized spacial score (nSPS) is 15.2. The highest BCUT2D eigenvalue weighted by molar-refractivity contribution is 5.43. The molecule has 0 aliphatic carbocycles. The zero-order valence-electron chi connectivity index (χ0n) is 14.3. The highest BCUT2D eigenvalue weighted by atomic mass is 14.5. The van der Waals surface area contributed by atoms with Gasteiger partial charge in [-0.2, -0.15) is 0 Å². The fourth-order valence-electron chi connectivity index (χ4n) is 2.31. The Morgan fingerprint density at radius 2 is 1.60 bits per heavy atom. The minimum absolute atomic E-state index is 0.267. The van der Waals surface area contributed by atoms with E-state index in [9.17, 15) is 0 Å². The van der Waals surface area contributed by atoms with Crippen molar-refractivity contribution in [3.8, 4) is 0 Å². The van der Waals surface area contributed by atoms with Crippen LogP contribution in [0.25, 0.3) is 0 Å². The van der Waals surface area contributed by atoms with Gasteiger partial charge >= 0.3 is 0 Å². The van der Waals surface area contributed by atoms with Crippen molar-refractivity contribution in [1.82, 2.24) is 0 Å². The smallest absolute Gasteiger partial charge is 0.00596 e. The quantitative estimate of drug-likeness (QED) is 0.575. The number of hydrogen-bond donors (Lipinski definition) is 1. The van der Waals surface area contributed by atoms with Crippen molar-refractivity contribution in [2.45, 2.75) is 67.2 Å². The second kappa shape index (κ2) is 9.63. The van der Waals surface area contributed by atoms with E-state index < -0.39 is 0 Å². The average molecular weight is 275 g/mol. The van der Waals surface area contributed by atoms with E-state index in [4.69, 9.17) is 5.73 Å². The lowest BCUT2D eigenvalue weighted by Gasteiger charge is -2.19. The Labute approximate surface area is 126 Å². The summed E-state index contributed by atoms with van der Waals surface area (Å²) >= 11 is 0. The molecule has 0 fully saturated rings. The summed E-state index contributed by atoms with van der Waals surface area (Å²) in [5.41, 5.74) is 9.97. The molecule has 0 aromatic carbocycles. The SMILES string of the molecule is CCC=C(/C=C(\C=C/N)CC(C)(C)C)/C(=C/CC)CC. The Bertz CT molecular complexity index is 386. The van der Waals surface area contributed by atoms with Gasteiger partial charge in [-0.1, -0.05) is 59.8 Å². The van der Waals surface area contributed by atoms with E-state index in [0.29, 0.717) is 0 Å². The van der Waals surface area contributed by atoms with Crippen LogP contribution in [0.1, 0.15) is 67.2 Å². The van der Waals surface area contributed by atoms with Crippen LogP contribution in [0.15, 0.2) is 47.2 Å². The number of nitrogens with two attached hydrogens (primary N) is 1. The average Bonchev–Trinajstić information content (AvgIpc) is 2.34. The largest absolute Gasteiger partial charge is 0.405 e. The van der Waals surface area contributed by atoms with E-state index in [1.807, 2.05) is 6.08 Å². The van der Waals surface area contributed by atoms with Crippen LogP contribution in [0.3, 0.4) is 0 Å². The van der Waals surface area contributed by atoms with Gasteiger partial charge in [0.15, 0.2) is 0 Å². The van der Waals surface area contributed by atoms with E-state index in [0.717, 1.165) is 25.7 Å². The lowest BCUT2D eigenvalue weighted by Crippen LogP contribution is -2.06. The first-order chi connectivity index (χ1) is 9.37. The molecule has 0 aromatic rings. The van der Waals surface area contributed by atoms with Crippen molar-refractivity contribution in [2.75, 3.05) is 0 Å². The molecule has 1 heteroatoms. The molecule has 0 amide bonds. The van der Waals surface area contributed by atoms with Crippen LogP contribution in [0.4, 0.5) is 0 Å². The number of allylic oxidation sites excluding steroid dienone is 7. The summed E-state index contributed by atoms with van der Waals surface area (Å²) in [6, 6.07) is 0. The second-order valence-electron chi connectivity index (χ2n) is 6.37. The Hall–Kier alpha value is -1.24. The summed E-state index contributed by atoms with van der Waals surface area (Å²) in [6.07, 6.45) is 14.9. The lowest BCUT2D eigenvalue weighted by atomic mass is 9.86. The third kappa shape index (κ3) is 8.04. The van der Waals surface area contributed by atoms with E-state index in [2.05, 4.69) is 59.8 Å². The first-order valence-electron chi connectivity index (χ1n) is 7.86. The zero-order chi connectivity index (χ0) is 15.6. The molecule has 0 atom stereocenters. The van der Waals surface area contributed by atoms with Gasteiger partial charge < -0.3 is 5.73 Å². The highest BCUT2D eigenvalue weighted by Gasteiger charge is 2.12. The van der Waals surface area contributed by atoms with Crippen molar-refractivity contribution >= 4 is 0 Å². The summed E-state index contributed by atoms with van der Waals surface area (Å²) in [4.78, 5) is 0. The minimum atomic E-state index is 0.267. The summed E-state index contributed by atoms with van der Waals surface area (Å²) in [5.74, 6) is 0. The fraction of sp³-hybridized carbons (Fsp3) is 0.579. The fourth-order valence-corrected chi connectivity index (χ4v) is 2.31. The highest BCUT2D eigenvalue weighted by Crippen LogP contribution is 2.27. The van der Waals surface area contributed by atoms with Crippen LogP contribution < -0.4 is 5.73 Å². The van der Waals surface area contributed by atoms with Gasteiger partial charge in [0.25, 0.3) is 0 Å². The van der Waals surface area contributed by atoms with Crippen LogP contribution in [-0.2, 0) is 0 Å². The molecule has 0 saturated heterocycles. The molecule has 20 heavy (non-hydrogen) atoms. The summed E-state index contributed by atoms with van der Waals surface area (Å²) in [7, 11) is 0. The molecule has 2 N–H and O–H groups in total. The lowest BCUT2D eigenvalue weighted by molar-refractivity contribution is 0.413. The molecule has 0 aliphatic rings.